The SMILES string of the molecule is CCOC(=O)CCc1cc(F)c(F)c(OC[C@@H](CNC(C)(C)CC2Cc3ccccc3C2)OC(=O)C(C)(C)C)c1. The molecular formula is C32H43F2NO5. The van der Waals surface area contributed by atoms with Crippen LogP contribution in [0.5, 0.6) is 5.75 Å². The minimum Gasteiger partial charge on any atom is -0.486 e. The molecule has 0 aliphatic heterocycles. The van der Waals surface area contributed by atoms with Gasteiger partial charge in [-0.15, -0.1) is 0 Å². The summed E-state index contributed by atoms with van der Waals surface area (Å²) in [5, 5.41) is 3.51. The Labute approximate surface area is 236 Å². The fourth-order valence-electron chi connectivity index (χ4n) is 4.97. The van der Waals surface area contributed by atoms with Crippen molar-refractivity contribution in [3.63, 3.8) is 0 Å². The van der Waals surface area contributed by atoms with Crippen LogP contribution in [0.15, 0.2) is 36.4 Å². The summed E-state index contributed by atoms with van der Waals surface area (Å²) in [5.41, 5.74) is 2.19. The maximum Gasteiger partial charge on any atom is 0.311 e. The highest BCUT2D eigenvalue weighted by Crippen LogP contribution is 2.32. The van der Waals surface area contributed by atoms with E-state index in [2.05, 4.69) is 43.4 Å². The molecule has 0 bridgehead atoms. The molecule has 0 unspecified atom stereocenters. The van der Waals surface area contributed by atoms with Crippen molar-refractivity contribution in [1.29, 1.82) is 0 Å². The summed E-state index contributed by atoms with van der Waals surface area (Å²) in [4.78, 5) is 24.4. The number of esters is 2. The molecule has 0 spiro atoms. The number of rotatable bonds is 13. The Morgan fingerprint density at radius 2 is 1.70 bits per heavy atom. The van der Waals surface area contributed by atoms with Crippen LogP contribution in [0.2, 0.25) is 0 Å². The number of ether oxygens (including phenoxy) is 3. The van der Waals surface area contributed by atoms with Crippen molar-refractivity contribution >= 4 is 11.9 Å². The van der Waals surface area contributed by atoms with Crippen LogP contribution in [0.25, 0.3) is 0 Å². The second-order valence-electron chi connectivity index (χ2n) is 12.3. The van der Waals surface area contributed by atoms with Crippen LogP contribution in [0.4, 0.5) is 8.78 Å². The lowest BCUT2D eigenvalue weighted by atomic mass is 9.88. The molecule has 0 aromatic heterocycles. The molecule has 3 rings (SSSR count). The fourth-order valence-corrected chi connectivity index (χ4v) is 4.97. The molecule has 40 heavy (non-hydrogen) atoms. The minimum atomic E-state index is -1.13. The Hall–Kier alpha value is -3.00. The van der Waals surface area contributed by atoms with Gasteiger partial charge in [0.25, 0.3) is 0 Å². The van der Waals surface area contributed by atoms with Gasteiger partial charge in [-0.2, -0.15) is 4.39 Å². The van der Waals surface area contributed by atoms with Gasteiger partial charge in [0.1, 0.15) is 12.7 Å². The van der Waals surface area contributed by atoms with Crippen LogP contribution in [0.3, 0.4) is 0 Å². The molecule has 0 fully saturated rings. The zero-order valence-electron chi connectivity index (χ0n) is 24.6. The number of carbonyl (C=O) groups is 2. The molecule has 0 saturated heterocycles. The first-order valence-corrected chi connectivity index (χ1v) is 14.1. The summed E-state index contributed by atoms with van der Waals surface area (Å²) in [7, 11) is 0. The van der Waals surface area contributed by atoms with E-state index in [0.717, 1.165) is 25.3 Å². The van der Waals surface area contributed by atoms with Crippen molar-refractivity contribution in [3.8, 4) is 5.75 Å². The number of hydrogen-bond acceptors (Lipinski definition) is 6. The lowest BCUT2D eigenvalue weighted by Crippen LogP contribution is -2.47. The van der Waals surface area contributed by atoms with Crippen molar-refractivity contribution in [2.24, 2.45) is 11.3 Å². The summed E-state index contributed by atoms with van der Waals surface area (Å²) < 4.78 is 45.3. The summed E-state index contributed by atoms with van der Waals surface area (Å²) in [5.74, 6) is -2.83. The monoisotopic (exact) mass is 559 g/mol. The zero-order chi connectivity index (χ0) is 29.5. The van der Waals surface area contributed by atoms with Crippen LogP contribution in [-0.2, 0) is 38.3 Å². The number of halogens is 2. The predicted octanol–water partition coefficient (Wildman–Crippen LogP) is 5.97. The summed E-state index contributed by atoms with van der Waals surface area (Å²) in [6.07, 6.45) is 2.46. The largest absolute Gasteiger partial charge is 0.486 e. The third-order valence-electron chi connectivity index (χ3n) is 7.03. The number of fused-ring (bicyclic) bond motifs is 1. The Morgan fingerprint density at radius 3 is 2.30 bits per heavy atom. The molecule has 8 heteroatoms. The van der Waals surface area contributed by atoms with Gasteiger partial charge in [-0.25, -0.2) is 4.39 Å². The smallest absolute Gasteiger partial charge is 0.311 e. The van der Waals surface area contributed by atoms with Gasteiger partial charge in [0.2, 0.25) is 5.82 Å². The standard InChI is InChI=1S/C32H43F2NO5/c1-7-38-28(36)13-12-21-16-26(33)29(34)27(17-21)39-20-25(40-30(37)31(2,3)4)19-35-32(5,6)18-22-14-23-10-8-9-11-24(23)15-22/h8-11,16-17,22,25,35H,7,12-15,18-20H2,1-6H3/t25-/m1/s1. The lowest BCUT2D eigenvalue weighted by Gasteiger charge is -2.32. The second-order valence-corrected chi connectivity index (χ2v) is 12.3. The average Bonchev–Trinajstić information content (AvgIpc) is 3.27. The predicted molar refractivity (Wildman–Crippen MR) is 150 cm³/mol. The molecule has 1 N–H and O–H groups in total. The van der Waals surface area contributed by atoms with E-state index in [9.17, 15) is 18.4 Å². The van der Waals surface area contributed by atoms with Crippen LogP contribution in [-0.4, -0.2) is 43.3 Å². The van der Waals surface area contributed by atoms with Gasteiger partial charge < -0.3 is 19.5 Å². The lowest BCUT2D eigenvalue weighted by molar-refractivity contribution is -0.160. The first kappa shape index (κ1) is 31.5. The topological polar surface area (TPSA) is 73.9 Å². The first-order chi connectivity index (χ1) is 18.8. The van der Waals surface area contributed by atoms with E-state index in [1.54, 1.807) is 27.7 Å². The van der Waals surface area contributed by atoms with Crippen molar-refractivity contribution in [2.75, 3.05) is 19.8 Å². The van der Waals surface area contributed by atoms with E-state index in [0.29, 0.717) is 11.5 Å². The van der Waals surface area contributed by atoms with Crippen molar-refractivity contribution in [3.05, 3.63) is 64.7 Å². The van der Waals surface area contributed by atoms with E-state index in [1.165, 1.54) is 17.2 Å². The van der Waals surface area contributed by atoms with Gasteiger partial charge in [0.05, 0.1) is 12.0 Å². The normalized spacial score (nSPS) is 14.5. The van der Waals surface area contributed by atoms with Gasteiger partial charge >= 0.3 is 11.9 Å². The van der Waals surface area contributed by atoms with E-state index >= 15 is 0 Å². The molecule has 2 aromatic rings. The molecule has 1 atom stereocenters. The molecule has 0 amide bonds. The number of benzene rings is 2. The summed E-state index contributed by atoms with van der Waals surface area (Å²) in [6.45, 7) is 11.5. The molecular weight excluding hydrogens is 516 g/mol. The van der Waals surface area contributed by atoms with Crippen molar-refractivity contribution < 1.29 is 32.6 Å². The number of hydrogen-bond donors (Lipinski definition) is 1. The molecule has 0 radical (unpaired) electrons. The maximum absolute atomic E-state index is 14.6. The van der Waals surface area contributed by atoms with Gasteiger partial charge in [0, 0.05) is 18.5 Å². The van der Waals surface area contributed by atoms with Gasteiger partial charge in [-0.05, 0) is 102 Å². The minimum absolute atomic E-state index is 0.0370. The fraction of sp³-hybridized carbons (Fsp3) is 0.562. The maximum atomic E-state index is 14.6. The number of carbonyl (C=O) groups excluding carboxylic acids is 2. The highest BCUT2D eigenvalue weighted by atomic mass is 19.2. The molecule has 1 aliphatic carbocycles. The highest BCUT2D eigenvalue weighted by molar-refractivity contribution is 5.75. The molecule has 220 valence electrons. The highest BCUT2D eigenvalue weighted by Gasteiger charge is 2.31. The third kappa shape index (κ3) is 9.29. The van der Waals surface area contributed by atoms with Crippen LogP contribution >= 0.6 is 0 Å². The molecule has 6 nitrogen and oxygen atoms in total. The molecule has 1 aliphatic rings. The Balaban J connectivity index is 1.65. The molecule has 0 saturated carbocycles. The third-order valence-corrected chi connectivity index (χ3v) is 7.03. The summed E-state index contributed by atoms with van der Waals surface area (Å²) >= 11 is 0. The first-order valence-electron chi connectivity index (χ1n) is 14.1. The Bertz CT molecular complexity index is 1150. The van der Waals surface area contributed by atoms with Gasteiger partial charge in [0.15, 0.2) is 11.6 Å². The van der Waals surface area contributed by atoms with Gasteiger partial charge in [-0.3, -0.25) is 9.59 Å². The zero-order valence-corrected chi connectivity index (χ0v) is 24.6. The van der Waals surface area contributed by atoms with Gasteiger partial charge in [-0.1, -0.05) is 24.3 Å². The Kier molecular flexibility index (Phi) is 10.7. The van der Waals surface area contributed by atoms with Crippen LogP contribution in [0, 0.1) is 23.0 Å². The number of aryl methyl sites for hydroxylation is 1. The van der Waals surface area contributed by atoms with E-state index < -0.39 is 35.1 Å². The second kappa shape index (κ2) is 13.6. The molecule has 2 aromatic carbocycles. The van der Waals surface area contributed by atoms with Crippen molar-refractivity contribution in [2.45, 2.75) is 85.3 Å². The van der Waals surface area contributed by atoms with Crippen LogP contribution in [0.1, 0.15) is 71.1 Å². The summed E-state index contributed by atoms with van der Waals surface area (Å²) in [6, 6.07) is 10.9. The van der Waals surface area contributed by atoms with E-state index in [1.807, 2.05) is 0 Å². The Morgan fingerprint density at radius 1 is 1.05 bits per heavy atom. The molecule has 0 heterocycles. The van der Waals surface area contributed by atoms with Crippen LogP contribution < -0.4 is 10.1 Å². The van der Waals surface area contributed by atoms with E-state index in [-0.39, 0.29) is 43.9 Å². The van der Waals surface area contributed by atoms with E-state index in [4.69, 9.17) is 14.2 Å². The average molecular weight is 560 g/mol. The van der Waals surface area contributed by atoms with Crippen molar-refractivity contribution in [1.82, 2.24) is 5.32 Å². The quantitative estimate of drug-likeness (QED) is 0.305. The number of nitrogens with one attached hydrogen (secondary N) is 1.